The number of fused-ring (bicyclic) bond motifs is 1. The van der Waals surface area contributed by atoms with E-state index < -0.39 is 17.5 Å². The smallest absolute Gasteiger partial charge is 0.419 e. The van der Waals surface area contributed by atoms with Crippen LogP contribution in [-0.4, -0.2) is 29.3 Å². The van der Waals surface area contributed by atoms with Crippen LogP contribution < -0.4 is 4.74 Å². The van der Waals surface area contributed by atoms with Gasteiger partial charge in [0, 0.05) is 5.39 Å². The number of halogens is 2. The quantitative estimate of drug-likeness (QED) is 0.250. The lowest BCUT2D eigenvalue weighted by atomic mass is 10.0. The van der Waals surface area contributed by atoms with Crippen molar-refractivity contribution in [2.24, 2.45) is 0 Å². The third-order valence-corrected chi connectivity index (χ3v) is 5.89. The van der Waals surface area contributed by atoms with Crippen LogP contribution in [0.3, 0.4) is 0 Å². The van der Waals surface area contributed by atoms with E-state index in [9.17, 15) is 14.0 Å². The van der Waals surface area contributed by atoms with Gasteiger partial charge in [0.15, 0.2) is 0 Å². The molecule has 192 valence electrons. The van der Waals surface area contributed by atoms with Crippen molar-refractivity contribution in [3.05, 3.63) is 88.8 Å². The highest BCUT2D eigenvalue weighted by Gasteiger charge is 2.23. The minimum absolute atomic E-state index is 0.0503. The van der Waals surface area contributed by atoms with Crippen molar-refractivity contribution in [1.82, 2.24) is 4.57 Å². The molecule has 1 heterocycles. The molecule has 0 N–H and O–H groups in total. The van der Waals surface area contributed by atoms with Gasteiger partial charge in [-0.05, 0) is 67.8 Å². The minimum Gasteiger partial charge on any atom is -0.487 e. The summed E-state index contributed by atoms with van der Waals surface area (Å²) in [5.41, 5.74) is 3.05. The molecule has 6 nitrogen and oxygen atoms in total. The number of hydrogen-bond acceptors (Lipinski definition) is 5. The third kappa shape index (κ3) is 6.30. The summed E-state index contributed by atoms with van der Waals surface area (Å²) in [4.78, 5) is 24.4. The molecule has 0 amide bonds. The molecule has 8 heteroatoms. The van der Waals surface area contributed by atoms with E-state index in [0.29, 0.717) is 22.3 Å². The molecular weight excluding hydrogens is 497 g/mol. The summed E-state index contributed by atoms with van der Waals surface area (Å²) in [6.07, 6.45) is -0.377. The zero-order chi connectivity index (χ0) is 26.7. The van der Waals surface area contributed by atoms with Gasteiger partial charge in [0.1, 0.15) is 23.8 Å². The second-order valence-corrected chi connectivity index (χ2v) is 9.95. The van der Waals surface area contributed by atoms with Crippen molar-refractivity contribution < 1.29 is 28.2 Å². The summed E-state index contributed by atoms with van der Waals surface area (Å²) in [6, 6.07) is 19.5. The molecule has 37 heavy (non-hydrogen) atoms. The van der Waals surface area contributed by atoms with Gasteiger partial charge in [0.25, 0.3) is 0 Å². The van der Waals surface area contributed by atoms with E-state index in [1.54, 1.807) is 26.8 Å². The Morgan fingerprint density at radius 3 is 2.16 bits per heavy atom. The highest BCUT2D eigenvalue weighted by Crippen LogP contribution is 2.29. The number of aromatic nitrogens is 1. The number of esters is 1. The maximum absolute atomic E-state index is 14.1. The van der Waals surface area contributed by atoms with Crippen LogP contribution in [-0.2, 0) is 27.3 Å². The van der Waals surface area contributed by atoms with Gasteiger partial charge in [-0.1, -0.05) is 48.0 Å². The minimum atomic E-state index is -0.719. The molecule has 4 rings (SSSR count). The molecule has 0 saturated carbocycles. The van der Waals surface area contributed by atoms with Crippen molar-refractivity contribution in [2.45, 2.75) is 39.4 Å². The first-order valence-electron chi connectivity index (χ1n) is 11.7. The van der Waals surface area contributed by atoms with Crippen LogP contribution in [0.1, 0.15) is 32.0 Å². The van der Waals surface area contributed by atoms with Gasteiger partial charge in [0.05, 0.1) is 29.8 Å². The second-order valence-electron chi connectivity index (χ2n) is 9.54. The fourth-order valence-electron chi connectivity index (χ4n) is 3.84. The maximum atomic E-state index is 14.1. The molecule has 0 spiro atoms. The zero-order valence-corrected chi connectivity index (χ0v) is 21.8. The van der Waals surface area contributed by atoms with E-state index in [1.165, 1.54) is 23.8 Å². The summed E-state index contributed by atoms with van der Waals surface area (Å²) in [5.74, 6) is -0.263. The number of ether oxygens (including phenoxy) is 3. The lowest BCUT2D eigenvalue weighted by Crippen LogP contribution is -2.28. The van der Waals surface area contributed by atoms with Gasteiger partial charge in [-0.15, -0.1) is 0 Å². The van der Waals surface area contributed by atoms with Crippen molar-refractivity contribution in [3.63, 3.8) is 0 Å². The fourth-order valence-corrected chi connectivity index (χ4v) is 4.00. The molecule has 0 radical (unpaired) electrons. The van der Waals surface area contributed by atoms with Crippen molar-refractivity contribution in [2.75, 3.05) is 7.11 Å². The Bertz CT molecular complexity index is 1440. The molecule has 4 aromatic rings. The van der Waals surface area contributed by atoms with Crippen LogP contribution in [0.2, 0.25) is 5.02 Å². The normalized spacial score (nSPS) is 11.4. The summed E-state index contributed by atoms with van der Waals surface area (Å²) < 4.78 is 31.7. The maximum Gasteiger partial charge on any atom is 0.419 e. The summed E-state index contributed by atoms with van der Waals surface area (Å²) in [6.45, 7) is 5.36. The SMILES string of the molecule is COC(=O)Cc1ccc(-c2ccc(OCc3cc4cc(F)c(Cl)cc4n3C(=O)OC(C)(C)C)cc2)cc1. The van der Waals surface area contributed by atoms with E-state index in [1.807, 2.05) is 48.5 Å². The molecule has 3 aromatic carbocycles. The highest BCUT2D eigenvalue weighted by atomic mass is 35.5. The van der Waals surface area contributed by atoms with Gasteiger partial charge < -0.3 is 14.2 Å². The monoisotopic (exact) mass is 523 g/mol. The van der Waals surface area contributed by atoms with Crippen LogP contribution in [0.5, 0.6) is 5.75 Å². The molecule has 0 aliphatic rings. The molecule has 0 unspecified atom stereocenters. The summed E-state index contributed by atoms with van der Waals surface area (Å²) >= 11 is 5.99. The Labute approximate surface area is 219 Å². The van der Waals surface area contributed by atoms with Gasteiger partial charge in [-0.25, -0.2) is 13.8 Å². The summed E-state index contributed by atoms with van der Waals surface area (Å²) in [7, 11) is 1.37. The Morgan fingerprint density at radius 2 is 1.57 bits per heavy atom. The van der Waals surface area contributed by atoms with Gasteiger partial charge >= 0.3 is 12.1 Å². The van der Waals surface area contributed by atoms with E-state index in [4.69, 9.17) is 25.8 Å². The van der Waals surface area contributed by atoms with Gasteiger partial charge in [-0.2, -0.15) is 0 Å². The van der Waals surface area contributed by atoms with E-state index in [0.717, 1.165) is 16.7 Å². The average molecular weight is 524 g/mol. The van der Waals surface area contributed by atoms with Gasteiger partial charge in [0.2, 0.25) is 0 Å². The molecule has 1 aromatic heterocycles. The first kappa shape index (κ1) is 26.2. The Morgan fingerprint density at radius 1 is 0.946 bits per heavy atom. The van der Waals surface area contributed by atoms with Gasteiger partial charge in [-0.3, -0.25) is 4.79 Å². The predicted octanol–water partition coefficient (Wildman–Crippen LogP) is 7.18. The first-order chi connectivity index (χ1) is 17.5. The lowest BCUT2D eigenvalue weighted by Gasteiger charge is -2.21. The van der Waals surface area contributed by atoms with Crippen LogP contribution in [0.25, 0.3) is 22.0 Å². The molecule has 0 fully saturated rings. The molecule has 0 atom stereocenters. The third-order valence-electron chi connectivity index (χ3n) is 5.60. The standard InChI is InChI=1S/C29H27ClFNO5/c1-29(2,3)37-28(34)32-22(14-21-15-25(31)24(30)16-26(21)32)17-36-23-11-9-20(10-12-23)19-7-5-18(6-8-19)13-27(33)35-4/h5-12,14-16H,13,17H2,1-4H3. The van der Waals surface area contributed by atoms with Crippen molar-refractivity contribution in [1.29, 1.82) is 0 Å². The fraction of sp³-hybridized carbons (Fsp3) is 0.241. The molecule has 0 aliphatic carbocycles. The van der Waals surface area contributed by atoms with Crippen LogP contribution >= 0.6 is 11.6 Å². The lowest BCUT2D eigenvalue weighted by molar-refractivity contribution is -0.139. The topological polar surface area (TPSA) is 66.8 Å². The Kier molecular flexibility index (Phi) is 7.55. The van der Waals surface area contributed by atoms with E-state index in [2.05, 4.69) is 0 Å². The largest absolute Gasteiger partial charge is 0.487 e. The first-order valence-corrected chi connectivity index (χ1v) is 12.0. The number of benzene rings is 3. The van der Waals surface area contributed by atoms with Crippen LogP contribution in [0.15, 0.2) is 66.7 Å². The Balaban J connectivity index is 1.53. The molecule has 0 aliphatic heterocycles. The number of rotatable bonds is 6. The van der Waals surface area contributed by atoms with E-state index >= 15 is 0 Å². The number of nitrogens with zero attached hydrogens (tertiary/aromatic N) is 1. The Hall–Kier alpha value is -3.84. The van der Waals surface area contributed by atoms with Crippen molar-refractivity contribution in [3.8, 4) is 16.9 Å². The predicted molar refractivity (Wildman–Crippen MR) is 140 cm³/mol. The van der Waals surface area contributed by atoms with E-state index in [-0.39, 0.29) is 24.0 Å². The van der Waals surface area contributed by atoms with Crippen LogP contribution in [0.4, 0.5) is 9.18 Å². The number of carbonyl (C=O) groups excluding carboxylic acids is 2. The second kappa shape index (κ2) is 10.6. The molecular formula is C29H27ClFNO5. The molecule has 0 bridgehead atoms. The molecule has 0 saturated heterocycles. The van der Waals surface area contributed by atoms with Crippen molar-refractivity contribution >= 4 is 34.6 Å². The highest BCUT2D eigenvalue weighted by molar-refractivity contribution is 6.31. The number of carbonyl (C=O) groups is 2. The number of hydrogen-bond donors (Lipinski definition) is 0. The number of methoxy groups -OCH3 is 1. The summed E-state index contributed by atoms with van der Waals surface area (Å²) in [5, 5.41) is 0.425. The average Bonchev–Trinajstić information content (AvgIpc) is 3.19. The zero-order valence-electron chi connectivity index (χ0n) is 21.0. The van der Waals surface area contributed by atoms with Crippen LogP contribution in [0, 0.1) is 5.82 Å².